The summed E-state index contributed by atoms with van der Waals surface area (Å²) in [5.74, 6) is 0. The van der Waals surface area contributed by atoms with Crippen LogP contribution in [0.15, 0.2) is 42.7 Å². The summed E-state index contributed by atoms with van der Waals surface area (Å²) in [5, 5.41) is 3.41. The molecule has 80 valence electrons. The van der Waals surface area contributed by atoms with Gasteiger partial charge in [-0.3, -0.25) is 4.98 Å². The minimum atomic E-state index is 0.961. The number of anilines is 1. The topological polar surface area (TPSA) is 24.9 Å². The molecular weight excluding hydrogens is 196 g/mol. The summed E-state index contributed by atoms with van der Waals surface area (Å²) in [4.78, 5) is 4.14. The normalized spacial score (nSPS) is 13.2. The predicted molar refractivity (Wildman–Crippen MR) is 65.7 cm³/mol. The van der Waals surface area contributed by atoms with Crippen molar-refractivity contribution in [3.8, 4) is 0 Å². The first kappa shape index (κ1) is 9.40. The Morgan fingerprint density at radius 1 is 1.19 bits per heavy atom. The SMILES string of the molecule is c1cncc(Cc2ccc3c(c2)NCC3)c1. The lowest BCUT2D eigenvalue weighted by molar-refractivity contribution is 1.10. The van der Waals surface area contributed by atoms with Crippen molar-refractivity contribution < 1.29 is 0 Å². The molecule has 0 saturated carbocycles. The molecule has 0 unspecified atom stereocenters. The number of aromatic nitrogens is 1. The summed E-state index contributed by atoms with van der Waals surface area (Å²) >= 11 is 0. The molecule has 0 radical (unpaired) electrons. The summed E-state index contributed by atoms with van der Waals surface area (Å²) in [6.45, 7) is 1.08. The van der Waals surface area contributed by atoms with Crippen LogP contribution in [-0.2, 0) is 12.8 Å². The second-order valence-corrected chi connectivity index (χ2v) is 4.21. The molecule has 0 saturated heterocycles. The minimum absolute atomic E-state index is 0.961. The Bertz CT molecular complexity index is 491. The first-order chi connectivity index (χ1) is 7.92. The lowest BCUT2D eigenvalue weighted by Gasteiger charge is -2.05. The molecule has 0 fully saturated rings. The zero-order valence-corrected chi connectivity index (χ0v) is 9.11. The summed E-state index contributed by atoms with van der Waals surface area (Å²) < 4.78 is 0. The lowest BCUT2D eigenvalue weighted by Crippen LogP contribution is -1.93. The third kappa shape index (κ3) is 1.78. The van der Waals surface area contributed by atoms with E-state index in [1.54, 1.807) is 0 Å². The van der Waals surface area contributed by atoms with E-state index in [0.717, 1.165) is 19.4 Å². The van der Waals surface area contributed by atoms with Crippen LogP contribution < -0.4 is 5.32 Å². The fraction of sp³-hybridized carbons (Fsp3) is 0.214. The number of benzene rings is 1. The van der Waals surface area contributed by atoms with E-state index in [-0.39, 0.29) is 0 Å². The second kappa shape index (κ2) is 3.97. The largest absolute Gasteiger partial charge is 0.384 e. The quantitative estimate of drug-likeness (QED) is 0.824. The second-order valence-electron chi connectivity index (χ2n) is 4.21. The average Bonchev–Trinajstić information content (AvgIpc) is 2.77. The van der Waals surface area contributed by atoms with Crippen molar-refractivity contribution in [1.82, 2.24) is 4.98 Å². The standard InChI is InChI=1S/C14H14N2/c1-2-12(10-15-6-1)8-11-3-4-13-5-7-16-14(13)9-11/h1-4,6,9-10,16H,5,7-8H2. The van der Waals surface area contributed by atoms with Gasteiger partial charge in [-0.2, -0.15) is 0 Å². The zero-order valence-electron chi connectivity index (χ0n) is 9.11. The molecule has 3 rings (SSSR count). The molecule has 2 heterocycles. The summed E-state index contributed by atoms with van der Waals surface area (Å²) in [6.07, 6.45) is 5.86. The van der Waals surface area contributed by atoms with Gasteiger partial charge in [0.1, 0.15) is 0 Å². The van der Waals surface area contributed by atoms with Gasteiger partial charge in [0.2, 0.25) is 0 Å². The van der Waals surface area contributed by atoms with E-state index in [2.05, 4.69) is 34.6 Å². The van der Waals surface area contributed by atoms with E-state index in [1.807, 2.05) is 18.5 Å². The van der Waals surface area contributed by atoms with E-state index in [0.29, 0.717) is 0 Å². The highest BCUT2D eigenvalue weighted by atomic mass is 14.9. The van der Waals surface area contributed by atoms with E-state index in [4.69, 9.17) is 0 Å². The molecular formula is C14H14N2. The Morgan fingerprint density at radius 3 is 3.06 bits per heavy atom. The fourth-order valence-electron chi connectivity index (χ4n) is 2.19. The van der Waals surface area contributed by atoms with Crippen LogP contribution >= 0.6 is 0 Å². The maximum absolute atomic E-state index is 4.14. The monoisotopic (exact) mass is 210 g/mol. The molecule has 0 spiro atoms. The van der Waals surface area contributed by atoms with Gasteiger partial charge in [0, 0.05) is 24.6 Å². The smallest absolute Gasteiger partial charge is 0.0376 e. The van der Waals surface area contributed by atoms with Crippen molar-refractivity contribution in [3.63, 3.8) is 0 Å². The Hall–Kier alpha value is -1.83. The Labute approximate surface area is 95.3 Å². The first-order valence-corrected chi connectivity index (χ1v) is 5.66. The van der Waals surface area contributed by atoms with Crippen molar-refractivity contribution in [1.29, 1.82) is 0 Å². The molecule has 2 nitrogen and oxygen atoms in total. The van der Waals surface area contributed by atoms with Gasteiger partial charge in [0.15, 0.2) is 0 Å². The number of rotatable bonds is 2. The summed E-state index contributed by atoms with van der Waals surface area (Å²) in [6, 6.07) is 10.8. The van der Waals surface area contributed by atoms with E-state index >= 15 is 0 Å². The summed E-state index contributed by atoms with van der Waals surface area (Å²) in [5.41, 5.74) is 5.36. The third-order valence-electron chi connectivity index (χ3n) is 3.02. The van der Waals surface area contributed by atoms with E-state index in [1.165, 1.54) is 22.4 Å². The van der Waals surface area contributed by atoms with Gasteiger partial charge in [-0.1, -0.05) is 18.2 Å². The number of fused-ring (bicyclic) bond motifs is 1. The van der Waals surface area contributed by atoms with Crippen LogP contribution in [0.2, 0.25) is 0 Å². The number of nitrogens with zero attached hydrogens (tertiary/aromatic N) is 1. The minimum Gasteiger partial charge on any atom is -0.384 e. The molecule has 0 aliphatic carbocycles. The zero-order chi connectivity index (χ0) is 10.8. The van der Waals surface area contributed by atoms with Crippen molar-refractivity contribution in [2.24, 2.45) is 0 Å². The van der Waals surface area contributed by atoms with Crippen LogP contribution in [0.4, 0.5) is 5.69 Å². The van der Waals surface area contributed by atoms with Crippen molar-refractivity contribution >= 4 is 5.69 Å². The van der Waals surface area contributed by atoms with E-state index < -0.39 is 0 Å². The van der Waals surface area contributed by atoms with Crippen molar-refractivity contribution in [2.75, 3.05) is 11.9 Å². The molecule has 0 amide bonds. The molecule has 0 bridgehead atoms. The molecule has 2 aromatic rings. The fourth-order valence-corrected chi connectivity index (χ4v) is 2.19. The van der Waals surface area contributed by atoms with Crippen LogP contribution in [0.25, 0.3) is 0 Å². The lowest BCUT2D eigenvalue weighted by atomic mass is 10.0. The predicted octanol–water partition coefficient (Wildman–Crippen LogP) is 2.64. The average molecular weight is 210 g/mol. The number of hydrogen-bond donors (Lipinski definition) is 1. The Balaban J connectivity index is 1.86. The first-order valence-electron chi connectivity index (χ1n) is 5.66. The molecule has 1 N–H and O–H groups in total. The molecule has 1 aliphatic rings. The van der Waals surface area contributed by atoms with Gasteiger partial charge in [-0.15, -0.1) is 0 Å². The molecule has 1 aliphatic heterocycles. The van der Waals surface area contributed by atoms with Crippen LogP contribution in [0.3, 0.4) is 0 Å². The van der Waals surface area contributed by atoms with Crippen LogP contribution in [-0.4, -0.2) is 11.5 Å². The van der Waals surface area contributed by atoms with Crippen LogP contribution in [0, 0.1) is 0 Å². The van der Waals surface area contributed by atoms with Gasteiger partial charge >= 0.3 is 0 Å². The van der Waals surface area contributed by atoms with Gasteiger partial charge in [-0.25, -0.2) is 0 Å². The van der Waals surface area contributed by atoms with Crippen LogP contribution in [0.1, 0.15) is 16.7 Å². The maximum Gasteiger partial charge on any atom is 0.0376 e. The van der Waals surface area contributed by atoms with Gasteiger partial charge in [0.05, 0.1) is 0 Å². The van der Waals surface area contributed by atoms with Crippen molar-refractivity contribution in [3.05, 3.63) is 59.4 Å². The summed E-state index contributed by atoms with van der Waals surface area (Å²) in [7, 11) is 0. The van der Waals surface area contributed by atoms with Gasteiger partial charge < -0.3 is 5.32 Å². The van der Waals surface area contributed by atoms with E-state index in [9.17, 15) is 0 Å². The van der Waals surface area contributed by atoms with Gasteiger partial charge in [0.25, 0.3) is 0 Å². The molecule has 1 aromatic carbocycles. The Kier molecular flexibility index (Phi) is 2.33. The highest BCUT2D eigenvalue weighted by molar-refractivity contribution is 5.57. The number of pyridine rings is 1. The van der Waals surface area contributed by atoms with Crippen molar-refractivity contribution in [2.45, 2.75) is 12.8 Å². The number of hydrogen-bond acceptors (Lipinski definition) is 2. The van der Waals surface area contributed by atoms with Gasteiger partial charge in [-0.05, 0) is 41.7 Å². The van der Waals surface area contributed by atoms with Crippen LogP contribution in [0.5, 0.6) is 0 Å². The molecule has 0 atom stereocenters. The molecule has 2 heteroatoms. The highest BCUT2D eigenvalue weighted by Gasteiger charge is 2.09. The molecule has 1 aromatic heterocycles. The molecule has 16 heavy (non-hydrogen) atoms. The maximum atomic E-state index is 4.14. The number of nitrogens with one attached hydrogen (secondary N) is 1. The Morgan fingerprint density at radius 2 is 2.19 bits per heavy atom. The third-order valence-corrected chi connectivity index (χ3v) is 3.02. The highest BCUT2D eigenvalue weighted by Crippen LogP contribution is 2.24.